The van der Waals surface area contributed by atoms with Gasteiger partial charge in [-0.1, -0.05) is 0 Å². The molecule has 84 valence electrons. The average Bonchev–Trinajstić information content (AvgIpc) is 2.54. The van der Waals surface area contributed by atoms with Crippen molar-refractivity contribution in [3.05, 3.63) is 23.5 Å². The van der Waals surface area contributed by atoms with E-state index >= 15 is 0 Å². The number of nitrogens with one attached hydrogen (secondary N) is 1. The number of nitrogens with zero attached hydrogens (tertiary/aromatic N) is 3. The summed E-state index contributed by atoms with van der Waals surface area (Å²) in [6.45, 7) is 1.78. The van der Waals surface area contributed by atoms with E-state index in [2.05, 4.69) is 15.4 Å². The standard InChI is InChI=1S/C10H12N4O2/c1-6-7(5-10(15)16)14-9(12-6)4-3-8(11-2)13-14/h3-4H,5H2,1-2H3,(H,11,13)(H,15,16). The molecule has 0 bridgehead atoms. The van der Waals surface area contributed by atoms with Crippen molar-refractivity contribution >= 4 is 17.4 Å². The summed E-state index contributed by atoms with van der Waals surface area (Å²) in [5.41, 5.74) is 1.97. The van der Waals surface area contributed by atoms with Crippen molar-refractivity contribution in [3.63, 3.8) is 0 Å². The van der Waals surface area contributed by atoms with Gasteiger partial charge in [0.15, 0.2) is 5.65 Å². The minimum Gasteiger partial charge on any atom is -0.481 e. The van der Waals surface area contributed by atoms with Crippen molar-refractivity contribution in [2.45, 2.75) is 13.3 Å². The van der Waals surface area contributed by atoms with Gasteiger partial charge >= 0.3 is 5.97 Å². The number of fused-ring (bicyclic) bond motifs is 1. The van der Waals surface area contributed by atoms with Gasteiger partial charge in [-0.05, 0) is 19.1 Å². The van der Waals surface area contributed by atoms with Gasteiger partial charge in [0, 0.05) is 7.05 Å². The molecule has 16 heavy (non-hydrogen) atoms. The van der Waals surface area contributed by atoms with Crippen molar-refractivity contribution in [1.82, 2.24) is 14.6 Å². The molecule has 0 aliphatic rings. The van der Waals surface area contributed by atoms with Gasteiger partial charge < -0.3 is 10.4 Å². The Bertz CT molecular complexity index is 547. The fraction of sp³-hybridized carbons (Fsp3) is 0.300. The SMILES string of the molecule is CNc1ccc2nc(C)c(CC(=O)O)n2n1. The molecule has 0 aliphatic heterocycles. The quantitative estimate of drug-likeness (QED) is 0.796. The third-order valence-electron chi connectivity index (χ3n) is 2.35. The van der Waals surface area contributed by atoms with Gasteiger partial charge in [-0.2, -0.15) is 0 Å². The fourth-order valence-corrected chi connectivity index (χ4v) is 1.57. The Labute approximate surface area is 91.9 Å². The lowest BCUT2D eigenvalue weighted by molar-refractivity contribution is -0.136. The first-order valence-electron chi connectivity index (χ1n) is 4.86. The Morgan fingerprint density at radius 2 is 2.31 bits per heavy atom. The smallest absolute Gasteiger partial charge is 0.309 e. The lowest BCUT2D eigenvalue weighted by atomic mass is 10.3. The van der Waals surface area contributed by atoms with Crippen LogP contribution in [-0.2, 0) is 11.2 Å². The van der Waals surface area contributed by atoms with Crippen LogP contribution in [0, 0.1) is 6.92 Å². The molecule has 2 N–H and O–H groups in total. The van der Waals surface area contributed by atoms with E-state index in [9.17, 15) is 4.79 Å². The fourth-order valence-electron chi connectivity index (χ4n) is 1.57. The Hall–Kier alpha value is -2.11. The molecule has 2 rings (SSSR count). The lowest BCUT2D eigenvalue weighted by Gasteiger charge is -2.01. The Kier molecular flexibility index (Phi) is 2.47. The van der Waals surface area contributed by atoms with E-state index in [1.165, 1.54) is 0 Å². The largest absolute Gasteiger partial charge is 0.481 e. The van der Waals surface area contributed by atoms with Crippen molar-refractivity contribution in [3.8, 4) is 0 Å². The first-order valence-corrected chi connectivity index (χ1v) is 4.86. The van der Waals surface area contributed by atoms with Crippen LogP contribution in [0.2, 0.25) is 0 Å². The third-order valence-corrected chi connectivity index (χ3v) is 2.35. The number of carboxylic acids is 1. The first-order chi connectivity index (χ1) is 7.61. The molecular formula is C10H12N4O2. The number of rotatable bonds is 3. The van der Waals surface area contributed by atoms with Crippen molar-refractivity contribution in [2.24, 2.45) is 0 Å². The Balaban J connectivity index is 2.61. The van der Waals surface area contributed by atoms with Gasteiger partial charge in [0.1, 0.15) is 5.82 Å². The average molecular weight is 220 g/mol. The third kappa shape index (κ3) is 1.69. The maximum Gasteiger partial charge on any atom is 0.309 e. The number of hydrogen-bond donors (Lipinski definition) is 2. The topological polar surface area (TPSA) is 79.5 Å². The van der Waals surface area contributed by atoms with Gasteiger partial charge in [0.05, 0.1) is 17.8 Å². The number of aromatic nitrogens is 3. The number of aryl methyl sites for hydroxylation is 1. The van der Waals surface area contributed by atoms with Crippen LogP contribution in [0.4, 0.5) is 5.82 Å². The zero-order chi connectivity index (χ0) is 11.7. The molecular weight excluding hydrogens is 208 g/mol. The molecule has 0 unspecified atom stereocenters. The second-order valence-electron chi connectivity index (χ2n) is 3.45. The Morgan fingerprint density at radius 1 is 1.56 bits per heavy atom. The van der Waals surface area contributed by atoms with Crippen LogP contribution in [0.25, 0.3) is 5.65 Å². The van der Waals surface area contributed by atoms with Gasteiger partial charge in [-0.3, -0.25) is 4.79 Å². The van der Waals surface area contributed by atoms with Crippen LogP contribution in [0.1, 0.15) is 11.4 Å². The second kappa shape index (κ2) is 3.80. The maximum atomic E-state index is 10.7. The van der Waals surface area contributed by atoms with Crippen molar-refractivity contribution < 1.29 is 9.90 Å². The molecule has 0 fully saturated rings. The predicted molar refractivity (Wildman–Crippen MR) is 58.6 cm³/mol. The normalized spacial score (nSPS) is 10.6. The second-order valence-corrected chi connectivity index (χ2v) is 3.45. The van der Waals surface area contributed by atoms with E-state index in [-0.39, 0.29) is 6.42 Å². The molecule has 0 aliphatic carbocycles. The van der Waals surface area contributed by atoms with E-state index in [4.69, 9.17) is 5.11 Å². The van der Waals surface area contributed by atoms with Gasteiger partial charge in [-0.15, -0.1) is 5.10 Å². The molecule has 0 saturated carbocycles. The zero-order valence-corrected chi connectivity index (χ0v) is 9.06. The number of carboxylic acid groups (broad SMARTS) is 1. The number of anilines is 1. The van der Waals surface area contributed by atoms with Crippen LogP contribution in [0.15, 0.2) is 12.1 Å². The summed E-state index contributed by atoms with van der Waals surface area (Å²) in [5, 5.41) is 16.0. The van der Waals surface area contributed by atoms with E-state index in [1.54, 1.807) is 30.6 Å². The highest BCUT2D eigenvalue weighted by Crippen LogP contribution is 2.13. The predicted octanol–water partition coefficient (Wildman–Crippen LogP) is 0.707. The lowest BCUT2D eigenvalue weighted by Crippen LogP contribution is -2.07. The van der Waals surface area contributed by atoms with E-state index in [1.807, 2.05) is 0 Å². The Morgan fingerprint density at radius 3 is 2.94 bits per heavy atom. The number of imidazole rings is 1. The molecule has 6 heteroatoms. The van der Waals surface area contributed by atoms with Gasteiger partial charge in [0.25, 0.3) is 0 Å². The highest BCUT2D eigenvalue weighted by Gasteiger charge is 2.13. The summed E-state index contributed by atoms with van der Waals surface area (Å²) in [6, 6.07) is 3.60. The molecule has 0 radical (unpaired) electrons. The van der Waals surface area contributed by atoms with E-state index in [0.717, 1.165) is 0 Å². The van der Waals surface area contributed by atoms with Crippen molar-refractivity contribution in [2.75, 3.05) is 12.4 Å². The maximum absolute atomic E-state index is 10.7. The minimum absolute atomic E-state index is 0.0762. The molecule has 2 aromatic rings. The summed E-state index contributed by atoms with van der Waals surface area (Å²) in [5.74, 6) is -0.210. The molecule has 2 aromatic heterocycles. The highest BCUT2D eigenvalue weighted by atomic mass is 16.4. The minimum atomic E-state index is -0.887. The summed E-state index contributed by atoms with van der Waals surface area (Å²) in [4.78, 5) is 15.0. The summed E-state index contributed by atoms with van der Waals surface area (Å²) in [6.07, 6.45) is -0.0762. The van der Waals surface area contributed by atoms with E-state index < -0.39 is 5.97 Å². The first kappa shape index (κ1) is 10.4. The molecule has 0 amide bonds. The van der Waals surface area contributed by atoms with Crippen LogP contribution in [0.5, 0.6) is 0 Å². The summed E-state index contributed by atoms with van der Waals surface area (Å²) >= 11 is 0. The molecule has 0 atom stereocenters. The molecule has 0 aromatic carbocycles. The van der Waals surface area contributed by atoms with E-state index in [0.29, 0.717) is 22.9 Å². The van der Waals surface area contributed by atoms with Crippen molar-refractivity contribution in [1.29, 1.82) is 0 Å². The molecule has 2 heterocycles. The van der Waals surface area contributed by atoms with Crippen LogP contribution >= 0.6 is 0 Å². The molecule has 0 spiro atoms. The molecule has 6 nitrogen and oxygen atoms in total. The van der Waals surface area contributed by atoms with Crippen LogP contribution < -0.4 is 5.32 Å². The summed E-state index contributed by atoms with van der Waals surface area (Å²) < 4.78 is 1.56. The number of hydrogen-bond acceptors (Lipinski definition) is 4. The van der Waals surface area contributed by atoms with Crippen LogP contribution in [0.3, 0.4) is 0 Å². The highest BCUT2D eigenvalue weighted by molar-refractivity contribution is 5.70. The number of aliphatic carboxylic acids is 1. The number of carbonyl (C=O) groups is 1. The van der Waals surface area contributed by atoms with Gasteiger partial charge in [-0.25, -0.2) is 9.50 Å². The molecule has 0 saturated heterocycles. The van der Waals surface area contributed by atoms with Crippen LogP contribution in [-0.4, -0.2) is 32.7 Å². The monoisotopic (exact) mass is 220 g/mol. The summed E-state index contributed by atoms with van der Waals surface area (Å²) in [7, 11) is 1.76. The zero-order valence-electron chi connectivity index (χ0n) is 9.06. The van der Waals surface area contributed by atoms with Gasteiger partial charge in [0.2, 0.25) is 0 Å².